The number of aromatic nitrogens is 4. The van der Waals surface area contributed by atoms with Crippen LogP contribution in [0.4, 0.5) is 5.69 Å². The van der Waals surface area contributed by atoms with E-state index in [1.807, 2.05) is 30.5 Å². The Hall–Kier alpha value is -4.19. The number of nitrogens with zero attached hydrogens (tertiary/aromatic N) is 3. The second-order valence-electron chi connectivity index (χ2n) is 7.40. The molecule has 0 atom stereocenters. The Morgan fingerprint density at radius 2 is 1.77 bits per heavy atom. The molecule has 2 aromatic carbocycles. The topological polar surface area (TPSA) is 75.6 Å². The van der Waals surface area contributed by atoms with Crippen molar-refractivity contribution in [1.82, 2.24) is 19.5 Å². The number of carbonyl (C=O) groups excluding carboxylic acids is 1. The van der Waals surface area contributed by atoms with Crippen LogP contribution >= 0.6 is 0 Å². The standard InChI is InChI=1S/C25H21N5O/c31-25(29-21-9-11-26-12-10-21)19-7-5-18(6-8-19)16-30-17-20(15-24-27-13-14-28-24)22-3-1-2-4-23(22)30/h1-14,17H,15-16H2,(H,27,28)(H,26,29,31). The number of aromatic amines is 1. The lowest BCUT2D eigenvalue weighted by molar-refractivity contribution is 0.102. The van der Waals surface area contributed by atoms with Gasteiger partial charge in [0.15, 0.2) is 0 Å². The van der Waals surface area contributed by atoms with E-state index in [9.17, 15) is 4.79 Å². The first-order valence-corrected chi connectivity index (χ1v) is 10.1. The predicted octanol–water partition coefficient (Wildman–Crippen LogP) is 4.65. The van der Waals surface area contributed by atoms with Crippen LogP contribution in [0.25, 0.3) is 10.9 Å². The minimum absolute atomic E-state index is 0.134. The van der Waals surface area contributed by atoms with Crippen molar-refractivity contribution in [2.45, 2.75) is 13.0 Å². The van der Waals surface area contributed by atoms with Crippen molar-refractivity contribution in [2.75, 3.05) is 5.32 Å². The number of pyridine rings is 1. The smallest absolute Gasteiger partial charge is 0.255 e. The predicted molar refractivity (Wildman–Crippen MR) is 121 cm³/mol. The molecule has 1 amide bonds. The second kappa shape index (κ2) is 8.28. The summed E-state index contributed by atoms with van der Waals surface area (Å²) < 4.78 is 2.25. The molecule has 0 radical (unpaired) electrons. The molecule has 0 saturated carbocycles. The van der Waals surface area contributed by atoms with Crippen LogP contribution in [0, 0.1) is 0 Å². The maximum Gasteiger partial charge on any atom is 0.255 e. The van der Waals surface area contributed by atoms with Crippen molar-refractivity contribution in [3.05, 3.63) is 114 Å². The first-order chi connectivity index (χ1) is 15.3. The van der Waals surface area contributed by atoms with Crippen LogP contribution < -0.4 is 5.32 Å². The molecule has 3 heterocycles. The first-order valence-electron chi connectivity index (χ1n) is 10.1. The van der Waals surface area contributed by atoms with Gasteiger partial charge in [0, 0.05) is 66.1 Å². The third-order valence-electron chi connectivity index (χ3n) is 5.29. The van der Waals surface area contributed by atoms with Crippen molar-refractivity contribution in [3.63, 3.8) is 0 Å². The van der Waals surface area contributed by atoms with Gasteiger partial charge in [0.05, 0.1) is 0 Å². The summed E-state index contributed by atoms with van der Waals surface area (Å²) >= 11 is 0. The summed E-state index contributed by atoms with van der Waals surface area (Å²) in [6.07, 6.45) is 9.88. The highest BCUT2D eigenvalue weighted by atomic mass is 16.1. The first kappa shape index (κ1) is 18.8. The average molecular weight is 407 g/mol. The Morgan fingerprint density at radius 3 is 2.55 bits per heavy atom. The number of rotatable bonds is 6. The van der Waals surface area contributed by atoms with Gasteiger partial charge in [-0.1, -0.05) is 30.3 Å². The zero-order chi connectivity index (χ0) is 21.0. The molecule has 0 spiro atoms. The molecule has 5 aromatic rings. The minimum atomic E-state index is -0.134. The maximum atomic E-state index is 12.5. The summed E-state index contributed by atoms with van der Waals surface area (Å²) in [5.41, 5.74) is 4.90. The van der Waals surface area contributed by atoms with Gasteiger partial charge in [-0.3, -0.25) is 9.78 Å². The van der Waals surface area contributed by atoms with Gasteiger partial charge in [0.2, 0.25) is 0 Å². The number of amides is 1. The van der Waals surface area contributed by atoms with Gasteiger partial charge in [0.1, 0.15) is 5.82 Å². The molecule has 0 saturated heterocycles. The molecule has 3 aromatic heterocycles. The highest BCUT2D eigenvalue weighted by Gasteiger charge is 2.11. The van der Waals surface area contributed by atoms with E-state index in [2.05, 4.69) is 55.3 Å². The van der Waals surface area contributed by atoms with Crippen molar-refractivity contribution in [1.29, 1.82) is 0 Å². The molecular formula is C25H21N5O. The van der Waals surface area contributed by atoms with Gasteiger partial charge < -0.3 is 14.9 Å². The third-order valence-corrected chi connectivity index (χ3v) is 5.29. The Labute approximate surface area is 179 Å². The highest BCUT2D eigenvalue weighted by molar-refractivity contribution is 6.04. The number of carbonyl (C=O) groups is 1. The zero-order valence-corrected chi connectivity index (χ0v) is 16.8. The molecule has 31 heavy (non-hydrogen) atoms. The molecule has 0 aliphatic carbocycles. The van der Waals surface area contributed by atoms with Gasteiger partial charge in [-0.05, 0) is 41.5 Å². The minimum Gasteiger partial charge on any atom is -0.348 e. The van der Waals surface area contributed by atoms with Crippen LogP contribution in [0.5, 0.6) is 0 Å². The summed E-state index contributed by atoms with van der Waals surface area (Å²) in [6, 6.07) is 19.7. The molecule has 0 aliphatic heterocycles. The Morgan fingerprint density at radius 1 is 0.968 bits per heavy atom. The molecule has 0 bridgehead atoms. The maximum absolute atomic E-state index is 12.5. The van der Waals surface area contributed by atoms with Crippen LogP contribution in [0.2, 0.25) is 0 Å². The van der Waals surface area contributed by atoms with Gasteiger partial charge in [-0.2, -0.15) is 0 Å². The summed E-state index contributed by atoms with van der Waals surface area (Å²) in [6.45, 7) is 0.727. The monoisotopic (exact) mass is 407 g/mol. The van der Waals surface area contributed by atoms with Crippen molar-refractivity contribution in [2.24, 2.45) is 0 Å². The number of benzene rings is 2. The number of fused-ring (bicyclic) bond motifs is 1. The molecule has 0 unspecified atom stereocenters. The molecular weight excluding hydrogens is 386 g/mol. The van der Waals surface area contributed by atoms with E-state index in [1.165, 1.54) is 16.5 Å². The van der Waals surface area contributed by atoms with E-state index in [1.54, 1.807) is 30.7 Å². The second-order valence-corrected chi connectivity index (χ2v) is 7.40. The van der Waals surface area contributed by atoms with E-state index in [-0.39, 0.29) is 5.91 Å². The van der Waals surface area contributed by atoms with Gasteiger partial charge >= 0.3 is 0 Å². The van der Waals surface area contributed by atoms with Gasteiger partial charge in [-0.25, -0.2) is 4.98 Å². The van der Waals surface area contributed by atoms with Gasteiger partial charge in [-0.15, -0.1) is 0 Å². The number of nitrogens with one attached hydrogen (secondary N) is 2. The molecule has 0 aliphatic rings. The summed E-state index contributed by atoms with van der Waals surface area (Å²) in [5, 5.41) is 4.11. The fraction of sp³-hybridized carbons (Fsp3) is 0.0800. The van der Waals surface area contributed by atoms with E-state index in [0.717, 1.165) is 30.0 Å². The fourth-order valence-corrected chi connectivity index (χ4v) is 3.77. The lowest BCUT2D eigenvalue weighted by Gasteiger charge is -2.08. The SMILES string of the molecule is O=C(Nc1ccncc1)c1ccc(Cn2cc(Cc3ncc[nH]3)c3ccccc32)cc1. The number of para-hydroxylation sites is 1. The summed E-state index contributed by atoms with van der Waals surface area (Å²) in [4.78, 5) is 24.0. The number of H-pyrrole nitrogens is 1. The third kappa shape index (κ3) is 4.09. The highest BCUT2D eigenvalue weighted by Crippen LogP contribution is 2.24. The average Bonchev–Trinajstić information content (AvgIpc) is 3.44. The number of imidazole rings is 1. The molecule has 152 valence electrons. The van der Waals surface area contributed by atoms with Crippen molar-refractivity contribution < 1.29 is 4.79 Å². The number of hydrogen-bond donors (Lipinski definition) is 2. The largest absolute Gasteiger partial charge is 0.348 e. The Bertz CT molecular complexity index is 1310. The number of hydrogen-bond acceptors (Lipinski definition) is 3. The van der Waals surface area contributed by atoms with E-state index < -0.39 is 0 Å². The van der Waals surface area contributed by atoms with Crippen LogP contribution in [0.15, 0.2) is 91.6 Å². The molecule has 6 nitrogen and oxygen atoms in total. The summed E-state index contributed by atoms with van der Waals surface area (Å²) in [7, 11) is 0. The molecule has 0 fully saturated rings. The quantitative estimate of drug-likeness (QED) is 0.430. The van der Waals surface area contributed by atoms with Crippen LogP contribution in [0.3, 0.4) is 0 Å². The summed E-state index contributed by atoms with van der Waals surface area (Å²) in [5.74, 6) is 0.817. The van der Waals surface area contributed by atoms with Crippen molar-refractivity contribution >= 4 is 22.5 Å². The van der Waals surface area contributed by atoms with E-state index in [0.29, 0.717) is 5.56 Å². The Balaban J connectivity index is 1.36. The lowest BCUT2D eigenvalue weighted by atomic mass is 10.1. The van der Waals surface area contributed by atoms with Gasteiger partial charge in [0.25, 0.3) is 5.91 Å². The molecule has 5 rings (SSSR count). The van der Waals surface area contributed by atoms with Crippen LogP contribution in [-0.4, -0.2) is 25.4 Å². The Kier molecular flexibility index (Phi) is 5.02. The van der Waals surface area contributed by atoms with Crippen LogP contribution in [-0.2, 0) is 13.0 Å². The zero-order valence-electron chi connectivity index (χ0n) is 16.8. The lowest BCUT2D eigenvalue weighted by Crippen LogP contribution is -2.12. The normalized spacial score (nSPS) is 11.0. The fourth-order valence-electron chi connectivity index (χ4n) is 3.77. The van der Waals surface area contributed by atoms with E-state index >= 15 is 0 Å². The van der Waals surface area contributed by atoms with E-state index in [4.69, 9.17) is 0 Å². The van der Waals surface area contributed by atoms with Crippen molar-refractivity contribution in [3.8, 4) is 0 Å². The molecule has 6 heteroatoms. The van der Waals surface area contributed by atoms with Crippen LogP contribution in [0.1, 0.15) is 27.3 Å². The molecule has 2 N–H and O–H groups in total. The number of anilines is 1.